The summed E-state index contributed by atoms with van der Waals surface area (Å²) >= 11 is 8.20. The molecule has 2 aromatic rings. The van der Waals surface area contributed by atoms with E-state index in [1.165, 1.54) is 23.3 Å². The summed E-state index contributed by atoms with van der Waals surface area (Å²) in [6.45, 7) is 1.02. The van der Waals surface area contributed by atoms with Crippen LogP contribution in [0, 0.1) is 0 Å². The number of benzene rings is 1. The van der Waals surface area contributed by atoms with Gasteiger partial charge in [-0.1, -0.05) is 35.9 Å². The molecule has 1 aliphatic carbocycles. The Labute approximate surface area is 123 Å². The summed E-state index contributed by atoms with van der Waals surface area (Å²) in [7, 11) is 0. The van der Waals surface area contributed by atoms with Gasteiger partial charge in [-0.2, -0.15) is 0 Å². The smallest absolute Gasteiger partial charge is 0.0441 e. The van der Waals surface area contributed by atoms with E-state index in [1.54, 1.807) is 0 Å². The molecule has 19 heavy (non-hydrogen) atoms. The van der Waals surface area contributed by atoms with E-state index in [0.29, 0.717) is 5.92 Å². The molecule has 1 aromatic heterocycles. The van der Waals surface area contributed by atoms with Crippen LogP contribution < -0.4 is 5.32 Å². The minimum absolute atomic E-state index is 0.466. The van der Waals surface area contributed by atoms with Gasteiger partial charge in [-0.25, -0.2) is 0 Å². The average molecular weight is 292 g/mol. The van der Waals surface area contributed by atoms with Gasteiger partial charge in [0.15, 0.2) is 0 Å². The van der Waals surface area contributed by atoms with Gasteiger partial charge in [-0.05, 0) is 42.3 Å². The molecule has 1 saturated carbocycles. The highest BCUT2D eigenvalue weighted by atomic mass is 35.5. The van der Waals surface area contributed by atoms with Gasteiger partial charge in [0.1, 0.15) is 0 Å². The Morgan fingerprint density at radius 2 is 2.05 bits per heavy atom. The van der Waals surface area contributed by atoms with Crippen molar-refractivity contribution in [2.45, 2.75) is 31.2 Å². The summed E-state index contributed by atoms with van der Waals surface area (Å²) in [6.07, 6.45) is 3.73. The SMILES string of the molecule is Clc1ccccc1C(CNC1CC1)Cc1cccs1. The Morgan fingerprint density at radius 3 is 2.74 bits per heavy atom. The average Bonchev–Trinajstić information content (AvgIpc) is 3.11. The Kier molecular flexibility index (Phi) is 4.21. The van der Waals surface area contributed by atoms with Crippen LogP contribution in [-0.4, -0.2) is 12.6 Å². The third-order valence-electron chi connectivity index (χ3n) is 3.60. The first-order valence-corrected chi connectivity index (χ1v) is 8.09. The van der Waals surface area contributed by atoms with Gasteiger partial charge in [0.2, 0.25) is 0 Å². The molecule has 1 fully saturated rings. The van der Waals surface area contributed by atoms with E-state index < -0.39 is 0 Å². The van der Waals surface area contributed by atoms with E-state index in [9.17, 15) is 0 Å². The zero-order valence-corrected chi connectivity index (χ0v) is 12.4. The van der Waals surface area contributed by atoms with Gasteiger partial charge in [0, 0.05) is 28.4 Å². The first kappa shape index (κ1) is 13.2. The Bertz CT molecular complexity index is 519. The second-order valence-corrected chi connectivity index (χ2v) is 6.62. The predicted octanol–water partition coefficient (Wildman–Crippen LogP) is 4.48. The lowest BCUT2D eigenvalue weighted by atomic mass is 9.94. The number of rotatable bonds is 6. The van der Waals surface area contributed by atoms with Gasteiger partial charge >= 0.3 is 0 Å². The number of nitrogens with one attached hydrogen (secondary N) is 1. The molecule has 3 heteroatoms. The molecule has 1 nitrogen and oxygen atoms in total. The quantitative estimate of drug-likeness (QED) is 0.827. The van der Waals surface area contributed by atoms with Crippen LogP contribution in [0.2, 0.25) is 5.02 Å². The van der Waals surface area contributed by atoms with Gasteiger partial charge in [-0.15, -0.1) is 11.3 Å². The van der Waals surface area contributed by atoms with Crippen molar-refractivity contribution in [3.05, 3.63) is 57.2 Å². The van der Waals surface area contributed by atoms with Gasteiger partial charge in [-0.3, -0.25) is 0 Å². The van der Waals surface area contributed by atoms with Crippen molar-refractivity contribution in [3.8, 4) is 0 Å². The van der Waals surface area contributed by atoms with Crippen LogP contribution >= 0.6 is 22.9 Å². The summed E-state index contributed by atoms with van der Waals surface area (Å²) in [5, 5.41) is 6.68. The fourth-order valence-corrected chi connectivity index (χ4v) is 3.44. The fourth-order valence-electron chi connectivity index (χ4n) is 2.37. The molecule has 0 radical (unpaired) electrons. The van der Waals surface area contributed by atoms with E-state index in [2.05, 4.69) is 35.0 Å². The van der Waals surface area contributed by atoms with E-state index in [-0.39, 0.29) is 0 Å². The molecule has 0 aliphatic heterocycles. The van der Waals surface area contributed by atoms with E-state index in [4.69, 9.17) is 11.6 Å². The molecule has 1 unspecified atom stereocenters. The summed E-state index contributed by atoms with van der Waals surface area (Å²) in [4.78, 5) is 1.43. The zero-order valence-electron chi connectivity index (χ0n) is 10.8. The van der Waals surface area contributed by atoms with Crippen molar-refractivity contribution in [2.75, 3.05) is 6.54 Å². The molecule has 3 rings (SSSR count). The summed E-state index contributed by atoms with van der Waals surface area (Å²) in [5.74, 6) is 0.466. The molecule has 0 saturated heterocycles. The van der Waals surface area contributed by atoms with Crippen LogP contribution in [0.15, 0.2) is 41.8 Å². The van der Waals surface area contributed by atoms with Gasteiger partial charge in [0.05, 0.1) is 0 Å². The Morgan fingerprint density at radius 1 is 1.21 bits per heavy atom. The monoisotopic (exact) mass is 291 g/mol. The van der Waals surface area contributed by atoms with Crippen molar-refractivity contribution < 1.29 is 0 Å². The van der Waals surface area contributed by atoms with Crippen molar-refractivity contribution in [1.82, 2.24) is 5.32 Å². The first-order chi connectivity index (χ1) is 9.33. The maximum absolute atomic E-state index is 6.37. The molecule has 1 N–H and O–H groups in total. The Hall–Kier alpha value is -0.830. The number of thiophene rings is 1. The standard InChI is InChI=1S/C16H18ClNS/c17-16-6-2-1-5-15(16)12(11-18-13-7-8-13)10-14-4-3-9-19-14/h1-6,9,12-13,18H,7-8,10-11H2. The number of halogens is 1. The predicted molar refractivity (Wildman–Crippen MR) is 83.2 cm³/mol. The van der Waals surface area contributed by atoms with Crippen molar-refractivity contribution in [3.63, 3.8) is 0 Å². The second-order valence-electron chi connectivity index (χ2n) is 5.18. The van der Waals surface area contributed by atoms with Crippen molar-refractivity contribution in [1.29, 1.82) is 0 Å². The molecule has 1 atom stereocenters. The fraction of sp³-hybridized carbons (Fsp3) is 0.375. The highest BCUT2D eigenvalue weighted by Crippen LogP contribution is 2.29. The van der Waals surface area contributed by atoms with Crippen molar-refractivity contribution in [2.24, 2.45) is 0 Å². The molecular formula is C16H18ClNS. The summed E-state index contributed by atoms with van der Waals surface area (Å²) < 4.78 is 0. The summed E-state index contributed by atoms with van der Waals surface area (Å²) in [6, 6.07) is 13.3. The number of hydrogen-bond donors (Lipinski definition) is 1. The lowest BCUT2D eigenvalue weighted by molar-refractivity contribution is 0.580. The molecule has 100 valence electrons. The largest absolute Gasteiger partial charge is 0.313 e. The minimum atomic E-state index is 0.466. The number of hydrogen-bond acceptors (Lipinski definition) is 2. The highest BCUT2D eigenvalue weighted by molar-refractivity contribution is 7.09. The molecular weight excluding hydrogens is 274 g/mol. The lowest BCUT2D eigenvalue weighted by Crippen LogP contribution is -2.24. The van der Waals surface area contributed by atoms with Crippen LogP contribution in [0.4, 0.5) is 0 Å². The van der Waals surface area contributed by atoms with Crippen LogP contribution in [-0.2, 0) is 6.42 Å². The lowest BCUT2D eigenvalue weighted by Gasteiger charge is -2.18. The zero-order chi connectivity index (χ0) is 13.1. The van der Waals surface area contributed by atoms with E-state index >= 15 is 0 Å². The maximum atomic E-state index is 6.37. The van der Waals surface area contributed by atoms with Gasteiger partial charge < -0.3 is 5.32 Å². The molecule has 1 heterocycles. The second kappa shape index (κ2) is 6.08. The van der Waals surface area contributed by atoms with Crippen LogP contribution in [0.25, 0.3) is 0 Å². The molecule has 0 amide bonds. The highest BCUT2D eigenvalue weighted by Gasteiger charge is 2.23. The normalized spacial score (nSPS) is 16.5. The first-order valence-electron chi connectivity index (χ1n) is 6.83. The maximum Gasteiger partial charge on any atom is 0.0441 e. The molecule has 0 spiro atoms. The third-order valence-corrected chi connectivity index (χ3v) is 4.85. The van der Waals surface area contributed by atoms with Gasteiger partial charge in [0.25, 0.3) is 0 Å². The van der Waals surface area contributed by atoms with Crippen LogP contribution in [0.1, 0.15) is 29.2 Å². The third kappa shape index (κ3) is 3.59. The topological polar surface area (TPSA) is 12.0 Å². The van der Waals surface area contributed by atoms with E-state index in [0.717, 1.165) is 24.0 Å². The minimum Gasteiger partial charge on any atom is -0.313 e. The molecule has 1 aliphatic rings. The van der Waals surface area contributed by atoms with Crippen LogP contribution in [0.5, 0.6) is 0 Å². The van der Waals surface area contributed by atoms with Crippen molar-refractivity contribution >= 4 is 22.9 Å². The summed E-state index contributed by atoms with van der Waals surface area (Å²) in [5.41, 5.74) is 1.27. The molecule has 0 bridgehead atoms. The van der Waals surface area contributed by atoms with Crippen LogP contribution in [0.3, 0.4) is 0 Å². The van der Waals surface area contributed by atoms with E-state index in [1.807, 2.05) is 23.5 Å². The Balaban J connectivity index is 1.76. The molecule has 1 aromatic carbocycles.